The highest BCUT2D eigenvalue weighted by atomic mass is 16.5. The van der Waals surface area contributed by atoms with Crippen molar-refractivity contribution in [1.29, 1.82) is 0 Å². The molecule has 4 nitrogen and oxygen atoms in total. The van der Waals surface area contributed by atoms with E-state index in [-0.39, 0.29) is 11.9 Å². The Labute approximate surface area is 136 Å². The monoisotopic (exact) mass is 311 g/mol. The van der Waals surface area contributed by atoms with E-state index in [0.29, 0.717) is 5.75 Å². The number of fused-ring (bicyclic) bond motifs is 1. The second-order valence-electron chi connectivity index (χ2n) is 5.83. The zero-order valence-electron chi connectivity index (χ0n) is 13.7. The van der Waals surface area contributed by atoms with E-state index in [2.05, 4.69) is 13.0 Å². The molecule has 0 aromatic heterocycles. The molecule has 1 aliphatic heterocycles. The lowest BCUT2D eigenvalue weighted by Crippen LogP contribution is -2.43. The number of benzene rings is 2. The first-order valence-electron chi connectivity index (χ1n) is 7.82. The van der Waals surface area contributed by atoms with Gasteiger partial charge < -0.3 is 14.4 Å². The number of carbonyl (C=O) groups is 1. The van der Waals surface area contributed by atoms with Crippen molar-refractivity contribution in [3.05, 3.63) is 54.1 Å². The molecule has 0 fully saturated rings. The van der Waals surface area contributed by atoms with E-state index < -0.39 is 6.10 Å². The van der Waals surface area contributed by atoms with Gasteiger partial charge in [-0.1, -0.05) is 18.2 Å². The van der Waals surface area contributed by atoms with Crippen LogP contribution in [0.3, 0.4) is 0 Å². The molecule has 23 heavy (non-hydrogen) atoms. The number of nitrogens with zero attached hydrogens (tertiary/aromatic N) is 1. The Morgan fingerprint density at radius 2 is 1.78 bits per heavy atom. The first kappa shape index (κ1) is 15.4. The molecule has 4 heteroatoms. The first-order chi connectivity index (χ1) is 11.1. The molecule has 3 rings (SSSR count). The highest BCUT2D eigenvalue weighted by molar-refractivity contribution is 5.99. The van der Waals surface area contributed by atoms with Gasteiger partial charge in [-0.15, -0.1) is 0 Å². The highest BCUT2D eigenvalue weighted by Gasteiger charge is 2.33. The minimum Gasteiger partial charge on any atom is -0.497 e. The number of amides is 1. The first-order valence-corrected chi connectivity index (χ1v) is 7.82. The summed E-state index contributed by atoms with van der Waals surface area (Å²) < 4.78 is 10.9. The van der Waals surface area contributed by atoms with Gasteiger partial charge in [0.1, 0.15) is 11.5 Å². The number of anilines is 1. The molecule has 1 aliphatic rings. The normalized spacial score (nSPS) is 17.5. The van der Waals surface area contributed by atoms with Crippen LogP contribution in [0, 0.1) is 0 Å². The largest absolute Gasteiger partial charge is 0.497 e. The number of carbonyl (C=O) groups excluding carboxylic acids is 1. The molecule has 1 amide bonds. The second kappa shape index (κ2) is 6.32. The number of rotatable bonds is 4. The fourth-order valence-corrected chi connectivity index (χ4v) is 3.01. The Balaban J connectivity index is 1.74. The fraction of sp³-hybridized carbons (Fsp3) is 0.316. The quantitative estimate of drug-likeness (QED) is 0.868. The van der Waals surface area contributed by atoms with Gasteiger partial charge in [-0.2, -0.15) is 0 Å². The van der Waals surface area contributed by atoms with Gasteiger partial charge in [0.25, 0.3) is 5.91 Å². The van der Waals surface area contributed by atoms with Crippen molar-refractivity contribution < 1.29 is 14.3 Å². The Morgan fingerprint density at radius 3 is 2.48 bits per heavy atom. The number of para-hydroxylation sites is 1. The molecule has 120 valence electrons. The average Bonchev–Trinajstić information content (AvgIpc) is 2.90. The average molecular weight is 311 g/mol. The summed E-state index contributed by atoms with van der Waals surface area (Å²) in [6.45, 7) is 3.86. The maximum Gasteiger partial charge on any atom is 0.268 e. The van der Waals surface area contributed by atoms with Crippen molar-refractivity contribution in [2.24, 2.45) is 0 Å². The van der Waals surface area contributed by atoms with Crippen LogP contribution in [-0.4, -0.2) is 25.2 Å². The van der Waals surface area contributed by atoms with Crippen LogP contribution in [0.15, 0.2) is 48.5 Å². The lowest BCUT2D eigenvalue weighted by atomic mass is 10.1. The maximum absolute atomic E-state index is 12.8. The molecule has 2 atom stereocenters. The molecule has 1 heterocycles. The Kier molecular flexibility index (Phi) is 4.24. The van der Waals surface area contributed by atoms with Crippen molar-refractivity contribution >= 4 is 11.6 Å². The zero-order valence-corrected chi connectivity index (χ0v) is 13.7. The van der Waals surface area contributed by atoms with E-state index in [4.69, 9.17) is 9.47 Å². The molecule has 0 saturated heterocycles. The molecule has 2 aromatic rings. The van der Waals surface area contributed by atoms with Crippen LogP contribution in [0.5, 0.6) is 11.5 Å². The van der Waals surface area contributed by atoms with E-state index in [0.717, 1.165) is 17.9 Å². The second-order valence-corrected chi connectivity index (χ2v) is 5.83. The van der Waals surface area contributed by atoms with Crippen LogP contribution >= 0.6 is 0 Å². The number of ether oxygens (including phenoxy) is 2. The van der Waals surface area contributed by atoms with Crippen LogP contribution in [-0.2, 0) is 11.2 Å². The van der Waals surface area contributed by atoms with Crippen molar-refractivity contribution in [1.82, 2.24) is 0 Å². The van der Waals surface area contributed by atoms with Gasteiger partial charge in [-0.25, -0.2) is 0 Å². The van der Waals surface area contributed by atoms with Crippen LogP contribution in [0.2, 0.25) is 0 Å². The Morgan fingerprint density at radius 1 is 1.13 bits per heavy atom. The summed E-state index contributed by atoms with van der Waals surface area (Å²) in [5.41, 5.74) is 2.21. The van der Waals surface area contributed by atoms with Crippen molar-refractivity contribution in [2.75, 3.05) is 12.0 Å². The summed E-state index contributed by atoms with van der Waals surface area (Å²) in [4.78, 5) is 14.7. The lowest BCUT2D eigenvalue weighted by molar-refractivity contribution is -0.124. The SMILES string of the molecule is COc1ccc(O[C@@H](C)C(=O)N2c3ccccc3C[C@@H]2C)cc1. The van der Waals surface area contributed by atoms with E-state index in [1.807, 2.05) is 47.4 Å². The van der Waals surface area contributed by atoms with Gasteiger partial charge in [-0.05, 0) is 56.2 Å². The molecule has 0 N–H and O–H groups in total. The molecule has 0 unspecified atom stereocenters. The van der Waals surface area contributed by atoms with Crippen molar-refractivity contribution in [3.8, 4) is 11.5 Å². The maximum atomic E-state index is 12.8. The van der Waals surface area contributed by atoms with Gasteiger partial charge in [0.2, 0.25) is 0 Å². The standard InChI is InChI=1S/C19H21NO3/c1-13-12-15-6-4-5-7-18(15)20(13)19(21)14(2)23-17-10-8-16(22-3)9-11-17/h4-11,13-14H,12H2,1-3H3/t13-,14-/m0/s1. The van der Waals surface area contributed by atoms with Gasteiger partial charge in [0.05, 0.1) is 7.11 Å². The van der Waals surface area contributed by atoms with Gasteiger partial charge in [0.15, 0.2) is 6.10 Å². The summed E-state index contributed by atoms with van der Waals surface area (Å²) in [5.74, 6) is 1.41. The smallest absolute Gasteiger partial charge is 0.268 e. The number of methoxy groups -OCH3 is 1. The van der Waals surface area contributed by atoms with Crippen LogP contribution in [0.1, 0.15) is 19.4 Å². The Hall–Kier alpha value is -2.49. The topological polar surface area (TPSA) is 38.8 Å². The van der Waals surface area contributed by atoms with E-state index in [1.54, 1.807) is 14.0 Å². The third-order valence-corrected chi connectivity index (χ3v) is 4.16. The van der Waals surface area contributed by atoms with E-state index in [1.165, 1.54) is 5.56 Å². The third kappa shape index (κ3) is 3.02. The molecular weight excluding hydrogens is 290 g/mol. The molecule has 2 aromatic carbocycles. The predicted octanol–water partition coefficient (Wildman–Crippen LogP) is 3.44. The summed E-state index contributed by atoms with van der Waals surface area (Å²) in [5, 5.41) is 0. The molecule has 0 spiro atoms. The van der Waals surface area contributed by atoms with Crippen LogP contribution in [0.25, 0.3) is 0 Å². The molecule has 0 radical (unpaired) electrons. The molecule has 0 aliphatic carbocycles. The minimum atomic E-state index is -0.544. The summed E-state index contributed by atoms with van der Waals surface area (Å²) in [6.07, 6.45) is 0.342. The summed E-state index contributed by atoms with van der Waals surface area (Å²) in [7, 11) is 1.62. The van der Waals surface area contributed by atoms with Gasteiger partial charge in [-0.3, -0.25) is 4.79 Å². The van der Waals surface area contributed by atoms with E-state index in [9.17, 15) is 4.79 Å². The summed E-state index contributed by atoms with van der Waals surface area (Å²) >= 11 is 0. The minimum absolute atomic E-state index is 0.0155. The van der Waals surface area contributed by atoms with E-state index >= 15 is 0 Å². The fourth-order valence-electron chi connectivity index (χ4n) is 3.01. The summed E-state index contributed by atoms with van der Waals surface area (Å²) in [6, 6.07) is 15.5. The number of hydrogen-bond acceptors (Lipinski definition) is 3. The van der Waals surface area contributed by atoms with Crippen molar-refractivity contribution in [3.63, 3.8) is 0 Å². The van der Waals surface area contributed by atoms with Crippen LogP contribution in [0.4, 0.5) is 5.69 Å². The molecule has 0 bridgehead atoms. The third-order valence-electron chi connectivity index (χ3n) is 4.16. The predicted molar refractivity (Wildman–Crippen MR) is 90.2 cm³/mol. The van der Waals surface area contributed by atoms with Crippen LogP contribution < -0.4 is 14.4 Å². The zero-order chi connectivity index (χ0) is 16.4. The van der Waals surface area contributed by atoms with Gasteiger partial charge >= 0.3 is 0 Å². The molecular formula is C19H21NO3. The molecule has 0 saturated carbocycles. The lowest BCUT2D eigenvalue weighted by Gasteiger charge is -2.26. The van der Waals surface area contributed by atoms with Gasteiger partial charge in [0, 0.05) is 11.7 Å². The Bertz CT molecular complexity index is 696. The number of hydrogen-bond donors (Lipinski definition) is 0. The highest BCUT2D eigenvalue weighted by Crippen LogP contribution is 2.32. The van der Waals surface area contributed by atoms with Crippen molar-refractivity contribution in [2.45, 2.75) is 32.4 Å².